The molecule has 0 spiro atoms. The van der Waals surface area contributed by atoms with E-state index in [1.165, 1.54) is 0 Å². The van der Waals surface area contributed by atoms with Crippen LogP contribution < -0.4 is 20.1 Å². The lowest BCUT2D eigenvalue weighted by Gasteiger charge is -2.10. The maximum atomic E-state index is 11.8. The molecule has 0 fully saturated rings. The van der Waals surface area contributed by atoms with E-state index in [1.54, 1.807) is 24.5 Å². The lowest BCUT2D eigenvalue weighted by molar-refractivity contribution is 0.174. The maximum Gasteiger partial charge on any atom is 0.319 e. The Morgan fingerprint density at radius 3 is 2.85 bits per heavy atom. The summed E-state index contributed by atoms with van der Waals surface area (Å²) < 4.78 is 15.7. The molecule has 0 atom stereocenters. The molecule has 3 rings (SSSR count). The van der Waals surface area contributed by atoms with Gasteiger partial charge in [-0.1, -0.05) is 0 Å². The first-order chi connectivity index (χ1) is 9.72. The van der Waals surface area contributed by atoms with Crippen LogP contribution >= 0.6 is 0 Å². The molecule has 2 aromatic rings. The van der Waals surface area contributed by atoms with Crippen molar-refractivity contribution in [1.29, 1.82) is 0 Å². The summed E-state index contributed by atoms with van der Waals surface area (Å²) in [5.41, 5.74) is 1.59. The molecule has 2 N–H and O–H groups in total. The van der Waals surface area contributed by atoms with Gasteiger partial charge in [0.15, 0.2) is 11.5 Å². The largest absolute Gasteiger partial charge is 0.467 e. The molecule has 6 heteroatoms. The van der Waals surface area contributed by atoms with Crippen LogP contribution in [0.3, 0.4) is 0 Å². The average Bonchev–Trinajstić information content (AvgIpc) is 3.07. The van der Waals surface area contributed by atoms with Crippen LogP contribution in [-0.2, 0) is 6.54 Å². The number of rotatable bonds is 3. The number of ether oxygens (including phenoxy) is 2. The Kier molecular flexibility index (Phi) is 3.20. The van der Waals surface area contributed by atoms with E-state index in [2.05, 4.69) is 10.6 Å². The SMILES string of the molecule is Cc1cc2c(cc1NC(=O)NCc1ccco1)OCO2. The highest BCUT2D eigenvalue weighted by Crippen LogP contribution is 2.36. The summed E-state index contributed by atoms with van der Waals surface area (Å²) in [7, 11) is 0. The number of hydrogen-bond acceptors (Lipinski definition) is 4. The van der Waals surface area contributed by atoms with Gasteiger partial charge in [0.1, 0.15) is 5.76 Å². The van der Waals surface area contributed by atoms with Crippen molar-refractivity contribution in [3.63, 3.8) is 0 Å². The first-order valence-corrected chi connectivity index (χ1v) is 6.20. The van der Waals surface area contributed by atoms with Gasteiger partial charge in [-0.15, -0.1) is 0 Å². The number of anilines is 1. The highest BCUT2D eigenvalue weighted by molar-refractivity contribution is 5.90. The molecule has 0 aliphatic carbocycles. The van der Waals surface area contributed by atoms with Crippen LogP contribution in [0.15, 0.2) is 34.9 Å². The van der Waals surface area contributed by atoms with E-state index < -0.39 is 0 Å². The quantitative estimate of drug-likeness (QED) is 0.902. The second-order valence-electron chi connectivity index (χ2n) is 4.41. The number of carbonyl (C=O) groups is 1. The average molecular weight is 274 g/mol. The third-order valence-corrected chi connectivity index (χ3v) is 2.97. The van der Waals surface area contributed by atoms with Gasteiger partial charge in [0.25, 0.3) is 0 Å². The van der Waals surface area contributed by atoms with Gasteiger partial charge in [-0.25, -0.2) is 4.79 Å². The maximum absolute atomic E-state index is 11.8. The summed E-state index contributed by atoms with van der Waals surface area (Å²) in [5, 5.41) is 5.49. The summed E-state index contributed by atoms with van der Waals surface area (Å²) in [5.74, 6) is 2.03. The van der Waals surface area contributed by atoms with Gasteiger partial charge in [0.2, 0.25) is 6.79 Å². The second-order valence-corrected chi connectivity index (χ2v) is 4.41. The summed E-state index contributed by atoms with van der Waals surface area (Å²) in [6.07, 6.45) is 1.57. The fourth-order valence-corrected chi connectivity index (χ4v) is 1.93. The third kappa shape index (κ3) is 2.54. The molecule has 1 aliphatic rings. The Labute approximate surface area is 115 Å². The van der Waals surface area contributed by atoms with E-state index in [1.807, 2.05) is 13.0 Å². The minimum Gasteiger partial charge on any atom is -0.467 e. The van der Waals surface area contributed by atoms with Crippen LogP contribution in [-0.4, -0.2) is 12.8 Å². The van der Waals surface area contributed by atoms with Crippen molar-refractivity contribution in [3.05, 3.63) is 41.9 Å². The van der Waals surface area contributed by atoms with Crippen molar-refractivity contribution in [3.8, 4) is 11.5 Å². The van der Waals surface area contributed by atoms with Gasteiger partial charge < -0.3 is 24.5 Å². The number of amides is 2. The standard InChI is InChI=1S/C14H14N2O4/c1-9-5-12-13(20-8-19-12)6-11(9)16-14(17)15-7-10-3-2-4-18-10/h2-6H,7-8H2,1H3,(H2,15,16,17). The van der Waals surface area contributed by atoms with Crippen LogP contribution in [0.5, 0.6) is 11.5 Å². The van der Waals surface area contributed by atoms with E-state index in [9.17, 15) is 4.79 Å². The third-order valence-electron chi connectivity index (χ3n) is 2.97. The fourth-order valence-electron chi connectivity index (χ4n) is 1.93. The Bertz CT molecular complexity index is 622. The molecule has 2 amide bonds. The van der Waals surface area contributed by atoms with E-state index >= 15 is 0 Å². The molecule has 0 saturated heterocycles. The number of nitrogens with one attached hydrogen (secondary N) is 2. The summed E-state index contributed by atoms with van der Waals surface area (Å²) in [6.45, 7) is 2.44. The fraction of sp³-hybridized carbons (Fsp3) is 0.214. The van der Waals surface area contributed by atoms with Crippen molar-refractivity contribution in [1.82, 2.24) is 5.32 Å². The molecule has 104 valence electrons. The number of furan rings is 1. The monoisotopic (exact) mass is 274 g/mol. The van der Waals surface area contributed by atoms with E-state index in [4.69, 9.17) is 13.9 Å². The first-order valence-electron chi connectivity index (χ1n) is 6.20. The molecule has 2 heterocycles. The van der Waals surface area contributed by atoms with Crippen LogP contribution in [0.4, 0.5) is 10.5 Å². The van der Waals surface area contributed by atoms with Gasteiger partial charge in [0, 0.05) is 11.8 Å². The summed E-state index contributed by atoms with van der Waals surface area (Å²) in [6, 6.07) is 6.86. The Morgan fingerprint density at radius 1 is 1.30 bits per heavy atom. The van der Waals surface area contributed by atoms with Crippen molar-refractivity contribution >= 4 is 11.7 Å². The summed E-state index contributed by atoms with van der Waals surface area (Å²) in [4.78, 5) is 11.8. The number of hydrogen-bond donors (Lipinski definition) is 2. The number of carbonyl (C=O) groups excluding carboxylic acids is 1. The minimum absolute atomic E-state index is 0.211. The van der Waals surface area contributed by atoms with Crippen LogP contribution in [0.2, 0.25) is 0 Å². The molecule has 1 aromatic heterocycles. The molecule has 6 nitrogen and oxygen atoms in total. The van der Waals surface area contributed by atoms with Crippen molar-refractivity contribution in [2.75, 3.05) is 12.1 Å². The number of aryl methyl sites for hydroxylation is 1. The smallest absolute Gasteiger partial charge is 0.319 e. The predicted molar refractivity (Wildman–Crippen MR) is 71.9 cm³/mol. The molecule has 1 aromatic carbocycles. The van der Waals surface area contributed by atoms with Gasteiger partial charge in [-0.3, -0.25) is 0 Å². The zero-order chi connectivity index (χ0) is 13.9. The van der Waals surface area contributed by atoms with Crippen LogP contribution in [0, 0.1) is 6.92 Å². The molecule has 0 saturated carbocycles. The Hall–Kier alpha value is -2.63. The van der Waals surface area contributed by atoms with E-state index in [-0.39, 0.29) is 12.8 Å². The van der Waals surface area contributed by atoms with Gasteiger partial charge >= 0.3 is 6.03 Å². The topological polar surface area (TPSA) is 72.7 Å². The summed E-state index contributed by atoms with van der Waals surface area (Å²) >= 11 is 0. The number of benzene rings is 1. The Balaban J connectivity index is 1.64. The molecular weight excluding hydrogens is 260 g/mol. The zero-order valence-electron chi connectivity index (χ0n) is 10.9. The normalized spacial score (nSPS) is 12.2. The van der Waals surface area contributed by atoms with Gasteiger partial charge in [-0.2, -0.15) is 0 Å². The molecule has 0 unspecified atom stereocenters. The minimum atomic E-state index is -0.302. The van der Waals surface area contributed by atoms with Crippen LogP contribution in [0.1, 0.15) is 11.3 Å². The lowest BCUT2D eigenvalue weighted by atomic mass is 10.2. The van der Waals surface area contributed by atoms with Gasteiger partial charge in [-0.05, 0) is 30.7 Å². The molecule has 0 radical (unpaired) electrons. The van der Waals surface area contributed by atoms with Crippen molar-refractivity contribution < 1.29 is 18.7 Å². The Morgan fingerprint density at radius 2 is 2.10 bits per heavy atom. The first kappa shape index (κ1) is 12.4. The van der Waals surface area contributed by atoms with Gasteiger partial charge in [0.05, 0.1) is 12.8 Å². The highest BCUT2D eigenvalue weighted by atomic mass is 16.7. The molecule has 20 heavy (non-hydrogen) atoms. The molecule has 0 bridgehead atoms. The lowest BCUT2D eigenvalue weighted by Crippen LogP contribution is -2.28. The molecular formula is C14H14N2O4. The van der Waals surface area contributed by atoms with Crippen LogP contribution in [0.25, 0.3) is 0 Å². The van der Waals surface area contributed by atoms with E-state index in [0.29, 0.717) is 29.5 Å². The zero-order valence-corrected chi connectivity index (χ0v) is 10.9. The number of fused-ring (bicyclic) bond motifs is 1. The second kappa shape index (κ2) is 5.16. The molecule has 1 aliphatic heterocycles. The van der Waals surface area contributed by atoms with Crippen molar-refractivity contribution in [2.45, 2.75) is 13.5 Å². The highest BCUT2D eigenvalue weighted by Gasteiger charge is 2.16. The predicted octanol–water partition coefficient (Wildman–Crippen LogP) is 2.64. The van der Waals surface area contributed by atoms with Crippen molar-refractivity contribution in [2.24, 2.45) is 0 Å². The van der Waals surface area contributed by atoms with E-state index in [0.717, 1.165) is 5.56 Å². The number of urea groups is 1.